The van der Waals surface area contributed by atoms with Crippen LogP contribution in [0.15, 0.2) is 72.1 Å². The number of likely N-dealkylation sites (tertiary alicyclic amines) is 1. The van der Waals surface area contributed by atoms with Gasteiger partial charge >= 0.3 is 0 Å². The second-order valence-electron chi connectivity index (χ2n) is 10.9. The number of hydrogen-bond acceptors (Lipinski definition) is 5. The Morgan fingerprint density at radius 1 is 1.03 bits per heavy atom. The molecule has 1 aliphatic carbocycles. The number of carbonyl (C=O) groups is 1. The molecule has 0 radical (unpaired) electrons. The highest BCUT2D eigenvalue weighted by atomic mass is 35.5. The van der Waals surface area contributed by atoms with Gasteiger partial charge in [0.15, 0.2) is 0 Å². The molecule has 2 heterocycles. The molecule has 0 spiro atoms. The summed E-state index contributed by atoms with van der Waals surface area (Å²) in [5, 5.41) is 4.99. The SMILES string of the molecule is O=C(C(Cc1ccc(Cl)cc1)NS(=O)(=O)c1ccccc1)N1CCC(Cn2cncn2)(C2CCCCC2)CC1. The smallest absolute Gasteiger partial charge is 0.241 e. The van der Waals surface area contributed by atoms with E-state index < -0.39 is 16.1 Å². The zero-order valence-corrected chi connectivity index (χ0v) is 23.7. The summed E-state index contributed by atoms with van der Waals surface area (Å²) in [6.45, 7) is 1.98. The lowest BCUT2D eigenvalue weighted by Crippen LogP contribution is -2.54. The molecule has 1 atom stereocenters. The van der Waals surface area contributed by atoms with Gasteiger partial charge in [0.25, 0.3) is 0 Å². The van der Waals surface area contributed by atoms with Gasteiger partial charge in [-0.1, -0.05) is 61.2 Å². The zero-order valence-electron chi connectivity index (χ0n) is 22.1. The Hall–Kier alpha value is -2.75. The van der Waals surface area contributed by atoms with E-state index in [2.05, 4.69) is 14.8 Å². The van der Waals surface area contributed by atoms with Crippen LogP contribution < -0.4 is 4.72 Å². The maximum Gasteiger partial charge on any atom is 0.241 e. The number of amides is 1. The fourth-order valence-electron chi connectivity index (χ4n) is 6.33. The van der Waals surface area contributed by atoms with Crippen molar-refractivity contribution in [3.8, 4) is 0 Å². The number of piperidine rings is 1. The zero-order chi connectivity index (χ0) is 27.3. The van der Waals surface area contributed by atoms with Crippen molar-refractivity contribution >= 4 is 27.5 Å². The average molecular weight is 570 g/mol. The average Bonchev–Trinajstić information content (AvgIpc) is 3.47. The van der Waals surface area contributed by atoms with Gasteiger partial charge in [-0.05, 0) is 73.3 Å². The van der Waals surface area contributed by atoms with Crippen molar-refractivity contribution < 1.29 is 13.2 Å². The first-order valence-electron chi connectivity index (χ1n) is 13.8. The highest BCUT2D eigenvalue weighted by Crippen LogP contribution is 2.47. The molecule has 1 aromatic heterocycles. The molecule has 1 saturated carbocycles. The molecule has 8 nitrogen and oxygen atoms in total. The summed E-state index contributed by atoms with van der Waals surface area (Å²) in [7, 11) is -3.89. The number of hydrogen-bond donors (Lipinski definition) is 1. The quantitative estimate of drug-likeness (QED) is 0.402. The predicted octanol–water partition coefficient (Wildman–Crippen LogP) is 4.71. The molecule has 1 aliphatic heterocycles. The summed E-state index contributed by atoms with van der Waals surface area (Å²) in [4.78, 5) is 20.1. The third-order valence-corrected chi connectivity index (χ3v) is 10.2. The molecule has 0 bridgehead atoms. The summed E-state index contributed by atoms with van der Waals surface area (Å²) in [5.41, 5.74) is 0.897. The summed E-state index contributed by atoms with van der Waals surface area (Å²) in [5.74, 6) is 0.400. The van der Waals surface area contributed by atoms with Crippen LogP contribution in [0.5, 0.6) is 0 Å². The van der Waals surface area contributed by atoms with E-state index in [1.165, 1.54) is 44.2 Å². The highest BCUT2D eigenvalue weighted by molar-refractivity contribution is 7.89. The Morgan fingerprint density at radius 2 is 1.72 bits per heavy atom. The first-order chi connectivity index (χ1) is 18.8. The minimum atomic E-state index is -3.89. The van der Waals surface area contributed by atoms with Crippen LogP contribution in [-0.2, 0) is 27.8 Å². The first kappa shape index (κ1) is 27.8. The number of halogens is 1. The van der Waals surface area contributed by atoms with Gasteiger partial charge in [0.2, 0.25) is 15.9 Å². The summed E-state index contributed by atoms with van der Waals surface area (Å²) in [6.07, 6.45) is 11.5. The van der Waals surface area contributed by atoms with Crippen LogP contribution in [0.4, 0.5) is 0 Å². The van der Waals surface area contributed by atoms with E-state index in [-0.39, 0.29) is 22.6 Å². The molecule has 208 valence electrons. The Bertz CT molecular complexity index is 1320. The van der Waals surface area contributed by atoms with Crippen molar-refractivity contribution in [1.29, 1.82) is 0 Å². The monoisotopic (exact) mass is 569 g/mol. The fourth-order valence-corrected chi connectivity index (χ4v) is 7.67. The van der Waals surface area contributed by atoms with E-state index in [0.717, 1.165) is 24.9 Å². The molecule has 10 heteroatoms. The Kier molecular flexibility index (Phi) is 8.69. The maximum atomic E-state index is 13.9. The topological polar surface area (TPSA) is 97.2 Å². The van der Waals surface area contributed by atoms with E-state index in [4.69, 9.17) is 11.6 Å². The van der Waals surface area contributed by atoms with Gasteiger partial charge in [0.05, 0.1) is 4.90 Å². The van der Waals surface area contributed by atoms with Crippen LogP contribution in [-0.4, -0.2) is 53.1 Å². The van der Waals surface area contributed by atoms with Gasteiger partial charge in [-0.15, -0.1) is 0 Å². The lowest BCUT2D eigenvalue weighted by atomic mass is 9.63. The Morgan fingerprint density at radius 3 is 2.36 bits per heavy atom. The minimum absolute atomic E-state index is 0.0557. The molecule has 1 amide bonds. The fraction of sp³-hybridized carbons (Fsp3) is 0.483. The van der Waals surface area contributed by atoms with Crippen molar-refractivity contribution in [1.82, 2.24) is 24.4 Å². The molecule has 3 aromatic rings. The predicted molar refractivity (Wildman–Crippen MR) is 151 cm³/mol. The molecular weight excluding hydrogens is 534 g/mol. The van der Waals surface area contributed by atoms with Crippen molar-refractivity contribution in [2.75, 3.05) is 13.1 Å². The lowest BCUT2D eigenvalue weighted by Gasteiger charge is -2.48. The number of sulfonamides is 1. The Balaban J connectivity index is 1.35. The van der Waals surface area contributed by atoms with Crippen LogP contribution >= 0.6 is 11.6 Å². The Labute approximate surface area is 235 Å². The van der Waals surface area contributed by atoms with E-state index in [1.54, 1.807) is 43.0 Å². The highest BCUT2D eigenvalue weighted by Gasteiger charge is 2.44. The third kappa shape index (κ3) is 6.70. The summed E-state index contributed by atoms with van der Waals surface area (Å²) < 4.78 is 31.1. The van der Waals surface area contributed by atoms with Crippen LogP contribution in [0.3, 0.4) is 0 Å². The van der Waals surface area contributed by atoms with E-state index in [9.17, 15) is 13.2 Å². The van der Waals surface area contributed by atoms with E-state index in [1.807, 2.05) is 21.7 Å². The van der Waals surface area contributed by atoms with Gasteiger partial charge < -0.3 is 4.90 Å². The number of nitrogens with zero attached hydrogens (tertiary/aromatic N) is 4. The normalized spacial score (nSPS) is 19.1. The van der Waals surface area contributed by atoms with Crippen molar-refractivity contribution in [2.24, 2.45) is 11.3 Å². The second-order valence-corrected chi connectivity index (χ2v) is 13.1. The van der Waals surface area contributed by atoms with Crippen LogP contribution in [0.25, 0.3) is 0 Å². The van der Waals surface area contributed by atoms with Gasteiger partial charge in [-0.2, -0.15) is 9.82 Å². The van der Waals surface area contributed by atoms with Gasteiger partial charge in [0, 0.05) is 24.7 Å². The third-order valence-electron chi connectivity index (χ3n) is 8.49. The van der Waals surface area contributed by atoms with Gasteiger partial charge in [-0.25, -0.2) is 13.4 Å². The second kappa shape index (κ2) is 12.2. The molecule has 1 N–H and O–H groups in total. The number of carbonyl (C=O) groups excluding carboxylic acids is 1. The molecule has 39 heavy (non-hydrogen) atoms. The van der Waals surface area contributed by atoms with E-state index in [0.29, 0.717) is 24.0 Å². The largest absolute Gasteiger partial charge is 0.341 e. The van der Waals surface area contributed by atoms with Crippen LogP contribution in [0.1, 0.15) is 50.5 Å². The molecule has 1 saturated heterocycles. The van der Waals surface area contributed by atoms with Crippen LogP contribution in [0, 0.1) is 11.3 Å². The summed E-state index contributed by atoms with van der Waals surface area (Å²) in [6, 6.07) is 14.5. The maximum absolute atomic E-state index is 13.9. The van der Waals surface area contributed by atoms with Crippen molar-refractivity contribution in [3.63, 3.8) is 0 Å². The molecule has 1 unspecified atom stereocenters. The number of nitrogens with one attached hydrogen (secondary N) is 1. The number of aromatic nitrogens is 3. The van der Waals surface area contributed by atoms with Crippen LogP contribution in [0.2, 0.25) is 5.02 Å². The standard InChI is InChI=1S/C29H36ClN5O3S/c30-25-13-11-23(12-14-25)19-27(33-39(37,38)26-9-5-2-6-10-26)28(36)34-17-15-29(16-18-34,20-35-22-31-21-32-35)24-7-3-1-4-8-24/h2,5-6,9-14,21-22,24,27,33H,1,3-4,7-8,15-20H2. The van der Waals surface area contributed by atoms with Gasteiger partial charge in [-0.3, -0.25) is 9.48 Å². The first-order valence-corrected chi connectivity index (χ1v) is 15.6. The molecular formula is C29H36ClN5O3S. The number of rotatable bonds is 9. The van der Waals surface area contributed by atoms with E-state index >= 15 is 0 Å². The minimum Gasteiger partial charge on any atom is -0.341 e. The molecule has 2 fully saturated rings. The molecule has 2 aliphatic rings. The van der Waals surface area contributed by atoms with Crippen molar-refractivity contribution in [3.05, 3.63) is 77.8 Å². The number of benzene rings is 2. The molecule has 2 aromatic carbocycles. The lowest BCUT2D eigenvalue weighted by molar-refractivity contribution is -0.136. The molecule has 5 rings (SSSR count). The summed E-state index contributed by atoms with van der Waals surface area (Å²) >= 11 is 6.06. The van der Waals surface area contributed by atoms with Crippen molar-refractivity contribution in [2.45, 2.75) is 68.8 Å². The van der Waals surface area contributed by atoms with Gasteiger partial charge in [0.1, 0.15) is 18.7 Å².